The highest BCUT2D eigenvalue weighted by molar-refractivity contribution is 5.76. The molecule has 1 fully saturated rings. The van der Waals surface area contributed by atoms with Gasteiger partial charge in [0.25, 0.3) is 0 Å². The molecule has 0 aromatic heterocycles. The number of carbonyl (C=O) groups excluding carboxylic acids is 2. The van der Waals surface area contributed by atoms with Crippen LogP contribution in [0.2, 0.25) is 0 Å². The van der Waals surface area contributed by atoms with E-state index in [1.807, 2.05) is 20.8 Å². The zero-order valence-corrected chi connectivity index (χ0v) is 13.0. The van der Waals surface area contributed by atoms with E-state index in [0.29, 0.717) is 6.61 Å². The van der Waals surface area contributed by atoms with Gasteiger partial charge in [0.1, 0.15) is 6.10 Å². The molecule has 1 aliphatic heterocycles. The van der Waals surface area contributed by atoms with Gasteiger partial charge in [0, 0.05) is 0 Å². The Morgan fingerprint density at radius 3 is 2.35 bits per heavy atom. The monoisotopic (exact) mass is 285 g/mol. The maximum Gasteiger partial charge on any atom is 0.311 e. The third-order valence-corrected chi connectivity index (χ3v) is 3.45. The number of carbonyl (C=O) groups is 2. The van der Waals surface area contributed by atoms with Crippen LogP contribution >= 0.6 is 0 Å². The van der Waals surface area contributed by atoms with Crippen LogP contribution in [-0.4, -0.2) is 37.7 Å². The summed E-state index contributed by atoms with van der Waals surface area (Å²) in [5.41, 5.74) is -0.556. The van der Waals surface area contributed by atoms with Gasteiger partial charge in [0.15, 0.2) is 0 Å². The number of rotatable bonds is 5. The van der Waals surface area contributed by atoms with E-state index in [4.69, 9.17) is 9.47 Å². The molecule has 1 unspecified atom stereocenters. The van der Waals surface area contributed by atoms with Gasteiger partial charge in [0.05, 0.1) is 18.4 Å². The van der Waals surface area contributed by atoms with Crippen LogP contribution < -0.4 is 5.32 Å². The Bertz CT molecular complexity index is 329. The number of ether oxygens (including phenoxy) is 2. The fraction of sp³-hybridized carbons (Fsp3) is 0.867. The zero-order valence-electron chi connectivity index (χ0n) is 13.0. The van der Waals surface area contributed by atoms with Crippen molar-refractivity contribution in [1.82, 2.24) is 5.32 Å². The molecule has 1 N–H and O–H groups in total. The van der Waals surface area contributed by atoms with Crippen LogP contribution in [0.15, 0.2) is 0 Å². The predicted octanol–water partition coefficient (Wildman–Crippen LogP) is 1.90. The van der Waals surface area contributed by atoms with Crippen LogP contribution in [-0.2, 0) is 19.1 Å². The predicted molar refractivity (Wildman–Crippen MR) is 76.2 cm³/mol. The summed E-state index contributed by atoms with van der Waals surface area (Å²) in [4.78, 5) is 23.8. The summed E-state index contributed by atoms with van der Waals surface area (Å²) >= 11 is 0. The van der Waals surface area contributed by atoms with E-state index in [-0.39, 0.29) is 30.4 Å². The first-order valence-electron chi connectivity index (χ1n) is 7.42. The number of esters is 2. The highest BCUT2D eigenvalue weighted by Gasteiger charge is 2.33. The molecule has 1 aliphatic rings. The summed E-state index contributed by atoms with van der Waals surface area (Å²) in [6.45, 7) is 9.38. The van der Waals surface area contributed by atoms with Crippen LogP contribution in [0.5, 0.6) is 0 Å². The van der Waals surface area contributed by atoms with Crippen molar-refractivity contribution in [3.63, 3.8) is 0 Å². The second-order valence-corrected chi connectivity index (χ2v) is 6.29. The molecular formula is C15H27NO4. The lowest BCUT2D eigenvalue weighted by atomic mass is 9.89. The molecule has 5 nitrogen and oxygen atoms in total. The van der Waals surface area contributed by atoms with Crippen molar-refractivity contribution in [3.05, 3.63) is 0 Å². The lowest BCUT2D eigenvalue weighted by Crippen LogP contribution is -2.39. The highest BCUT2D eigenvalue weighted by atomic mass is 16.6. The van der Waals surface area contributed by atoms with Gasteiger partial charge in [-0.25, -0.2) is 0 Å². The molecular weight excluding hydrogens is 258 g/mol. The van der Waals surface area contributed by atoms with Gasteiger partial charge in [-0.15, -0.1) is 0 Å². The molecule has 0 amide bonds. The van der Waals surface area contributed by atoms with E-state index < -0.39 is 5.41 Å². The first kappa shape index (κ1) is 17.0. The molecule has 1 atom stereocenters. The van der Waals surface area contributed by atoms with E-state index >= 15 is 0 Å². The quantitative estimate of drug-likeness (QED) is 0.782. The van der Waals surface area contributed by atoms with E-state index in [0.717, 1.165) is 25.9 Å². The normalized spacial score (nSPS) is 18.4. The van der Waals surface area contributed by atoms with Crippen LogP contribution in [0.1, 0.15) is 47.0 Å². The van der Waals surface area contributed by atoms with Crippen molar-refractivity contribution in [2.45, 2.75) is 53.1 Å². The Morgan fingerprint density at radius 2 is 1.85 bits per heavy atom. The number of hydrogen-bond donors (Lipinski definition) is 1. The standard InChI is InChI=1S/C15H27NO4/c1-5-19-13(17)10-12(11-6-8-16-9-7-11)20-14(18)15(2,3)4/h11-12,16H,5-10H2,1-4H3. The molecule has 116 valence electrons. The number of piperidine rings is 1. The second-order valence-electron chi connectivity index (χ2n) is 6.29. The average molecular weight is 285 g/mol. The molecule has 20 heavy (non-hydrogen) atoms. The molecule has 1 heterocycles. The van der Waals surface area contributed by atoms with Crippen molar-refractivity contribution >= 4 is 11.9 Å². The number of hydrogen-bond acceptors (Lipinski definition) is 5. The van der Waals surface area contributed by atoms with Crippen molar-refractivity contribution < 1.29 is 19.1 Å². The Hall–Kier alpha value is -1.10. The van der Waals surface area contributed by atoms with Gasteiger partial charge in [0.2, 0.25) is 0 Å². The molecule has 0 spiro atoms. The Kier molecular flexibility index (Phi) is 6.46. The minimum Gasteiger partial charge on any atom is -0.466 e. The summed E-state index contributed by atoms with van der Waals surface area (Å²) in [5, 5.41) is 3.27. The molecule has 1 saturated heterocycles. The maximum absolute atomic E-state index is 12.1. The third kappa shape index (κ3) is 5.49. The van der Waals surface area contributed by atoms with Gasteiger partial charge in [-0.05, 0) is 59.5 Å². The maximum atomic E-state index is 12.1. The molecule has 0 aromatic rings. The van der Waals surface area contributed by atoms with Gasteiger partial charge in [-0.3, -0.25) is 9.59 Å². The minimum atomic E-state index is -0.556. The third-order valence-electron chi connectivity index (χ3n) is 3.45. The van der Waals surface area contributed by atoms with Crippen LogP contribution in [0, 0.1) is 11.3 Å². The van der Waals surface area contributed by atoms with E-state index in [9.17, 15) is 9.59 Å². The summed E-state index contributed by atoms with van der Waals surface area (Å²) in [6.07, 6.45) is 1.62. The fourth-order valence-corrected chi connectivity index (χ4v) is 2.22. The van der Waals surface area contributed by atoms with Crippen molar-refractivity contribution in [2.24, 2.45) is 11.3 Å². The number of nitrogens with one attached hydrogen (secondary N) is 1. The fourth-order valence-electron chi connectivity index (χ4n) is 2.22. The molecule has 5 heteroatoms. The Balaban J connectivity index is 2.67. The van der Waals surface area contributed by atoms with E-state index in [2.05, 4.69) is 5.32 Å². The van der Waals surface area contributed by atoms with Gasteiger partial charge in [-0.2, -0.15) is 0 Å². The van der Waals surface area contributed by atoms with Crippen molar-refractivity contribution in [2.75, 3.05) is 19.7 Å². The van der Waals surface area contributed by atoms with Gasteiger partial charge >= 0.3 is 11.9 Å². The van der Waals surface area contributed by atoms with Crippen molar-refractivity contribution in [1.29, 1.82) is 0 Å². The summed E-state index contributed by atoms with van der Waals surface area (Å²) in [7, 11) is 0. The summed E-state index contributed by atoms with van der Waals surface area (Å²) < 4.78 is 10.6. The van der Waals surface area contributed by atoms with Crippen LogP contribution in [0.3, 0.4) is 0 Å². The minimum absolute atomic E-state index is 0.153. The summed E-state index contributed by atoms with van der Waals surface area (Å²) in [5.74, 6) is -0.324. The first-order chi connectivity index (χ1) is 9.34. The average Bonchev–Trinajstić information content (AvgIpc) is 2.38. The molecule has 0 aromatic carbocycles. The lowest BCUT2D eigenvalue weighted by Gasteiger charge is -2.31. The Labute approximate surface area is 121 Å². The molecule has 0 aliphatic carbocycles. The Morgan fingerprint density at radius 1 is 1.25 bits per heavy atom. The van der Waals surface area contributed by atoms with Gasteiger partial charge in [-0.1, -0.05) is 0 Å². The zero-order chi connectivity index (χ0) is 15.2. The topological polar surface area (TPSA) is 64.6 Å². The van der Waals surface area contributed by atoms with E-state index in [1.165, 1.54) is 0 Å². The van der Waals surface area contributed by atoms with Crippen molar-refractivity contribution in [3.8, 4) is 0 Å². The molecule has 0 radical (unpaired) electrons. The summed E-state index contributed by atoms with van der Waals surface area (Å²) in [6, 6.07) is 0. The molecule has 0 saturated carbocycles. The van der Waals surface area contributed by atoms with Crippen LogP contribution in [0.4, 0.5) is 0 Å². The molecule has 1 rings (SSSR count). The largest absolute Gasteiger partial charge is 0.466 e. The second kappa shape index (κ2) is 7.62. The SMILES string of the molecule is CCOC(=O)CC(OC(=O)C(C)(C)C)C1CCNCC1. The van der Waals surface area contributed by atoms with Gasteiger partial charge < -0.3 is 14.8 Å². The molecule has 0 bridgehead atoms. The highest BCUT2D eigenvalue weighted by Crippen LogP contribution is 2.25. The smallest absolute Gasteiger partial charge is 0.311 e. The lowest BCUT2D eigenvalue weighted by molar-refractivity contribution is -0.166. The first-order valence-corrected chi connectivity index (χ1v) is 7.42. The van der Waals surface area contributed by atoms with E-state index in [1.54, 1.807) is 6.92 Å². The van der Waals surface area contributed by atoms with Crippen LogP contribution in [0.25, 0.3) is 0 Å².